The minimum absolute atomic E-state index is 0.106. The fraction of sp³-hybridized carbons (Fsp3) is 0.160. The highest BCUT2D eigenvalue weighted by Crippen LogP contribution is 2.58. The molecule has 3 aromatic rings. The van der Waals surface area contributed by atoms with Crippen molar-refractivity contribution in [1.29, 1.82) is 0 Å². The van der Waals surface area contributed by atoms with E-state index in [9.17, 15) is 9.59 Å². The maximum absolute atomic E-state index is 12.9. The van der Waals surface area contributed by atoms with Crippen molar-refractivity contribution in [2.75, 3.05) is 7.11 Å². The maximum atomic E-state index is 12.9. The summed E-state index contributed by atoms with van der Waals surface area (Å²) in [5.41, 5.74) is 5.87. The third-order valence-electron chi connectivity index (χ3n) is 5.58. The number of carbonyl (C=O) groups excluding carboxylic acids is 2. The molecule has 0 saturated heterocycles. The van der Waals surface area contributed by atoms with Crippen LogP contribution in [0.1, 0.15) is 33.5 Å². The first-order chi connectivity index (χ1) is 14.6. The van der Waals surface area contributed by atoms with Crippen LogP contribution in [0.2, 0.25) is 0 Å². The number of methoxy groups -OCH3 is 1. The van der Waals surface area contributed by atoms with Crippen molar-refractivity contribution in [3.05, 3.63) is 107 Å². The smallest absolute Gasteiger partial charge is 0.337 e. The van der Waals surface area contributed by atoms with Gasteiger partial charge in [0, 0.05) is 5.41 Å². The number of esters is 1. The van der Waals surface area contributed by atoms with Gasteiger partial charge in [0.1, 0.15) is 0 Å². The molecular weight excluding hydrogens is 376 g/mol. The number of hydrogen-bond donors (Lipinski definition) is 1. The van der Waals surface area contributed by atoms with E-state index in [0.717, 1.165) is 23.1 Å². The highest BCUT2D eigenvalue weighted by Gasteiger charge is 2.60. The molecule has 5 nitrogen and oxygen atoms in total. The molecule has 0 aliphatic heterocycles. The van der Waals surface area contributed by atoms with Crippen LogP contribution in [0.3, 0.4) is 0 Å². The van der Waals surface area contributed by atoms with E-state index in [-0.39, 0.29) is 17.2 Å². The van der Waals surface area contributed by atoms with Crippen molar-refractivity contribution in [3.8, 4) is 0 Å². The molecule has 1 saturated carbocycles. The molecule has 0 bridgehead atoms. The molecule has 150 valence electrons. The van der Waals surface area contributed by atoms with Crippen molar-refractivity contribution in [3.63, 3.8) is 0 Å². The zero-order valence-electron chi connectivity index (χ0n) is 16.6. The second kappa shape index (κ2) is 8.33. The average molecular weight is 398 g/mol. The lowest BCUT2D eigenvalue weighted by atomic mass is 9.85. The molecule has 1 N–H and O–H groups in total. The van der Waals surface area contributed by atoms with Crippen LogP contribution in [0.5, 0.6) is 0 Å². The summed E-state index contributed by atoms with van der Waals surface area (Å²) in [6, 6.07) is 27.1. The monoisotopic (exact) mass is 398 g/mol. The lowest BCUT2D eigenvalue weighted by Crippen LogP contribution is -2.25. The Balaban J connectivity index is 1.47. The van der Waals surface area contributed by atoms with Crippen LogP contribution >= 0.6 is 0 Å². The minimum atomic E-state index is -0.390. The third-order valence-corrected chi connectivity index (χ3v) is 5.58. The van der Waals surface area contributed by atoms with Crippen molar-refractivity contribution in [2.24, 2.45) is 11.0 Å². The molecule has 1 aliphatic carbocycles. The van der Waals surface area contributed by atoms with Crippen molar-refractivity contribution in [2.45, 2.75) is 11.8 Å². The standard InChI is InChI=1S/C25H22N2O3/c1-30-24(29)19-14-12-18(13-15-19)17-26-27-23(28)22-16-25(22,20-8-4-2-5-9-20)21-10-6-3-7-11-21/h2-15,17,22H,16H2,1H3,(H,27,28)/b26-17-/t22-/m0/s1. The van der Waals surface area contributed by atoms with Gasteiger partial charge in [-0.1, -0.05) is 72.8 Å². The molecule has 1 atom stereocenters. The fourth-order valence-corrected chi connectivity index (χ4v) is 3.93. The zero-order chi connectivity index (χ0) is 21.0. The summed E-state index contributed by atoms with van der Waals surface area (Å²) in [6.45, 7) is 0. The SMILES string of the molecule is COC(=O)c1ccc(/C=N\NC(=O)[C@@H]2CC2(c2ccccc2)c2ccccc2)cc1. The van der Waals surface area contributed by atoms with Gasteiger partial charge in [0.05, 0.1) is 24.8 Å². The van der Waals surface area contributed by atoms with Crippen LogP contribution in [0, 0.1) is 5.92 Å². The predicted molar refractivity (Wildman–Crippen MR) is 115 cm³/mol. The lowest BCUT2D eigenvalue weighted by molar-refractivity contribution is -0.122. The van der Waals surface area contributed by atoms with Crippen LogP contribution in [0.15, 0.2) is 90.0 Å². The number of hydrogen-bond acceptors (Lipinski definition) is 4. The molecule has 30 heavy (non-hydrogen) atoms. The number of nitrogens with zero attached hydrogens (tertiary/aromatic N) is 1. The van der Waals surface area contributed by atoms with E-state index < -0.39 is 5.97 Å². The molecule has 5 heteroatoms. The molecule has 0 spiro atoms. The number of hydrazone groups is 1. The second-order valence-corrected chi connectivity index (χ2v) is 7.31. The van der Waals surface area contributed by atoms with Crippen LogP contribution < -0.4 is 5.43 Å². The molecule has 0 heterocycles. The van der Waals surface area contributed by atoms with E-state index in [2.05, 4.69) is 39.5 Å². The third kappa shape index (κ3) is 3.74. The quantitative estimate of drug-likeness (QED) is 0.389. The van der Waals surface area contributed by atoms with Gasteiger partial charge in [-0.15, -0.1) is 0 Å². The van der Waals surface area contributed by atoms with Gasteiger partial charge in [0.25, 0.3) is 0 Å². The van der Waals surface area contributed by atoms with Gasteiger partial charge in [-0.25, -0.2) is 10.2 Å². The Kier molecular flexibility index (Phi) is 5.44. The Morgan fingerprint density at radius 1 is 0.933 bits per heavy atom. The molecule has 0 radical (unpaired) electrons. The molecule has 0 aromatic heterocycles. The average Bonchev–Trinajstić information content (AvgIpc) is 3.57. The Bertz CT molecular complexity index is 1020. The van der Waals surface area contributed by atoms with E-state index in [1.807, 2.05) is 36.4 Å². The number of carbonyl (C=O) groups is 2. The Morgan fingerprint density at radius 3 is 2.03 bits per heavy atom. The van der Waals surface area contributed by atoms with Crippen LogP contribution in [-0.4, -0.2) is 25.2 Å². The first-order valence-corrected chi connectivity index (χ1v) is 9.77. The summed E-state index contributed by atoms with van der Waals surface area (Å²) in [5, 5.41) is 4.11. The molecule has 3 aromatic carbocycles. The summed E-state index contributed by atoms with van der Waals surface area (Å²) in [5.74, 6) is -0.676. The molecular formula is C25H22N2O3. The summed E-state index contributed by atoms with van der Waals surface area (Å²) < 4.78 is 4.68. The van der Waals surface area contributed by atoms with Crippen molar-refractivity contribution in [1.82, 2.24) is 5.43 Å². The van der Waals surface area contributed by atoms with Gasteiger partial charge in [-0.3, -0.25) is 4.79 Å². The number of rotatable bonds is 6. The van der Waals surface area contributed by atoms with Gasteiger partial charge in [0.2, 0.25) is 5.91 Å². The number of benzene rings is 3. The topological polar surface area (TPSA) is 67.8 Å². The molecule has 0 unspecified atom stereocenters. The van der Waals surface area contributed by atoms with Crippen LogP contribution in [-0.2, 0) is 14.9 Å². The Labute approximate surface area is 175 Å². The summed E-state index contributed by atoms with van der Waals surface area (Å²) in [4.78, 5) is 24.3. The summed E-state index contributed by atoms with van der Waals surface area (Å²) >= 11 is 0. The summed E-state index contributed by atoms with van der Waals surface area (Å²) in [6.07, 6.45) is 2.31. The number of nitrogens with one attached hydrogen (secondary N) is 1. The van der Waals surface area contributed by atoms with E-state index >= 15 is 0 Å². The Morgan fingerprint density at radius 2 is 1.50 bits per heavy atom. The van der Waals surface area contributed by atoms with Crippen molar-refractivity contribution >= 4 is 18.1 Å². The number of amides is 1. The maximum Gasteiger partial charge on any atom is 0.337 e. The van der Waals surface area contributed by atoms with E-state index in [1.54, 1.807) is 30.5 Å². The number of ether oxygens (including phenoxy) is 1. The second-order valence-electron chi connectivity index (χ2n) is 7.31. The predicted octanol–water partition coefficient (Wildman–Crippen LogP) is 3.93. The van der Waals surface area contributed by atoms with Crippen molar-refractivity contribution < 1.29 is 14.3 Å². The van der Waals surface area contributed by atoms with Crippen LogP contribution in [0.4, 0.5) is 0 Å². The highest BCUT2D eigenvalue weighted by molar-refractivity contribution is 5.91. The minimum Gasteiger partial charge on any atom is -0.465 e. The van der Waals surface area contributed by atoms with Gasteiger partial charge in [-0.05, 0) is 35.2 Å². The molecule has 1 aliphatic rings. The summed E-state index contributed by atoms with van der Waals surface area (Å²) in [7, 11) is 1.34. The van der Waals surface area contributed by atoms with Gasteiger partial charge in [-0.2, -0.15) is 5.10 Å². The lowest BCUT2D eigenvalue weighted by Gasteiger charge is -2.18. The van der Waals surface area contributed by atoms with E-state index in [0.29, 0.717) is 5.56 Å². The van der Waals surface area contributed by atoms with Gasteiger partial charge >= 0.3 is 5.97 Å². The fourth-order valence-electron chi connectivity index (χ4n) is 3.93. The zero-order valence-corrected chi connectivity index (χ0v) is 16.6. The molecule has 1 fully saturated rings. The highest BCUT2D eigenvalue weighted by atomic mass is 16.5. The largest absolute Gasteiger partial charge is 0.465 e. The first kappa shape index (κ1) is 19.6. The van der Waals surface area contributed by atoms with E-state index in [1.165, 1.54) is 7.11 Å². The molecule has 1 amide bonds. The molecule has 4 rings (SSSR count). The Hall–Kier alpha value is -3.73. The normalized spacial score (nSPS) is 16.8. The van der Waals surface area contributed by atoms with Gasteiger partial charge in [0.15, 0.2) is 0 Å². The van der Waals surface area contributed by atoms with Gasteiger partial charge < -0.3 is 4.74 Å². The first-order valence-electron chi connectivity index (χ1n) is 9.77. The van der Waals surface area contributed by atoms with E-state index in [4.69, 9.17) is 0 Å². The van der Waals surface area contributed by atoms with Crippen LogP contribution in [0.25, 0.3) is 0 Å².